The summed E-state index contributed by atoms with van der Waals surface area (Å²) in [4.78, 5) is 17.2. The van der Waals surface area contributed by atoms with E-state index in [4.69, 9.17) is 4.74 Å². The highest BCUT2D eigenvalue weighted by Crippen LogP contribution is 2.30. The highest BCUT2D eigenvalue weighted by atomic mass is 35.5. The number of halogens is 1. The van der Waals surface area contributed by atoms with Crippen LogP contribution in [0.3, 0.4) is 0 Å². The lowest BCUT2D eigenvalue weighted by atomic mass is 9.86. The SMILES string of the molecule is COCC(=O)N1CCCCCC1C1CCN(Cc2nnnn2-c2ccccc2)CC1.Cl. The number of rotatable bonds is 6. The average molecular weight is 449 g/mol. The Morgan fingerprint density at radius 3 is 2.58 bits per heavy atom. The van der Waals surface area contributed by atoms with E-state index in [-0.39, 0.29) is 24.9 Å². The van der Waals surface area contributed by atoms with Crippen LogP contribution in [0.25, 0.3) is 5.69 Å². The first-order valence-electron chi connectivity index (χ1n) is 11.1. The maximum Gasteiger partial charge on any atom is 0.248 e. The summed E-state index contributed by atoms with van der Waals surface area (Å²) in [5.74, 6) is 1.57. The van der Waals surface area contributed by atoms with Gasteiger partial charge in [-0.05, 0) is 67.3 Å². The average Bonchev–Trinajstić information content (AvgIpc) is 3.09. The zero-order chi connectivity index (χ0) is 20.8. The van der Waals surface area contributed by atoms with Crippen LogP contribution in [-0.4, -0.2) is 75.3 Å². The first-order valence-corrected chi connectivity index (χ1v) is 11.1. The van der Waals surface area contributed by atoms with Crippen LogP contribution in [0.15, 0.2) is 30.3 Å². The van der Waals surface area contributed by atoms with Gasteiger partial charge in [-0.3, -0.25) is 9.69 Å². The Morgan fingerprint density at radius 1 is 1.06 bits per heavy atom. The van der Waals surface area contributed by atoms with Crippen molar-refractivity contribution < 1.29 is 9.53 Å². The van der Waals surface area contributed by atoms with Gasteiger partial charge in [-0.25, -0.2) is 0 Å². The molecule has 4 rings (SSSR count). The van der Waals surface area contributed by atoms with Crippen molar-refractivity contribution in [1.29, 1.82) is 0 Å². The molecular weight excluding hydrogens is 416 g/mol. The van der Waals surface area contributed by atoms with Crippen LogP contribution < -0.4 is 0 Å². The van der Waals surface area contributed by atoms with E-state index in [9.17, 15) is 4.79 Å². The molecule has 0 spiro atoms. The number of benzene rings is 1. The number of piperidine rings is 1. The third-order valence-electron chi connectivity index (χ3n) is 6.46. The Kier molecular flexibility index (Phi) is 8.80. The molecule has 31 heavy (non-hydrogen) atoms. The van der Waals surface area contributed by atoms with Crippen molar-refractivity contribution in [2.45, 2.75) is 51.1 Å². The molecule has 170 valence electrons. The van der Waals surface area contributed by atoms with Gasteiger partial charge in [0.25, 0.3) is 0 Å². The quantitative estimate of drug-likeness (QED) is 0.676. The molecule has 0 N–H and O–H groups in total. The summed E-state index contributed by atoms with van der Waals surface area (Å²) in [6, 6.07) is 10.4. The fourth-order valence-corrected chi connectivity index (χ4v) is 4.91. The Hall–Kier alpha value is -2.03. The first kappa shape index (κ1) is 23.6. The molecule has 1 atom stereocenters. The Labute approximate surface area is 190 Å². The zero-order valence-electron chi connectivity index (χ0n) is 18.2. The van der Waals surface area contributed by atoms with Gasteiger partial charge >= 0.3 is 0 Å². The molecule has 3 heterocycles. The van der Waals surface area contributed by atoms with Crippen molar-refractivity contribution in [3.8, 4) is 5.69 Å². The maximum absolute atomic E-state index is 12.6. The fourth-order valence-electron chi connectivity index (χ4n) is 4.91. The van der Waals surface area contributed by atoms with E-state index in [0.717, 1.165) is 63.4 Å². The van der Waals surface area contributed by atoms with Gasteiger partial charge in [0, 0.05) is 19.7 Å². The summed E-state index contributed by atoms with van der Waals surface area (Å²) in [5.41, 5.74) is 0.984. The molecule has 2 aliphatic rings. The number of aromatic nitrogens is 4. The van der Waals surface area contributed by atoms with Crippen LogP contribution >= 0.6 is 12.4 Å². The second-order valence-electron chi connectivity index (χ2n) is 8.39. The van der Waals surface area contributed by atoms with Gasteiger partial charge < -0.3 is 9.64 Å². The van der Waals surface area contributed by atoms with Gasteiger partial charge in [-0.15, -0.1) is 17.5 Å². The summed E-state index contributed by atoms with van der Waals surface area (Å²) in [7, 11) is 1.60. The molecule has 1 aromatic carbocycles. The molecule has 8 nitrogen and oxygen atoms in total. The first-order chi connectivity index (χ1) is 14.8. The summed E-state index contributed by atoms with van der Waals surface area (Å²) in [6.07, 6.45) is 6.86. The topological polar surface area (TPSA) is 76.4 Å². The monoisotopic (exact) mass is 448 g/mol. The molecule has 2 saturated heterocycles. The second-order valence-corrected chi connectivity index (χ2v) is 8.39. The molecule has 0 saturated carbocycles. The Balaban J connectivity index is 0.00000272. The van der Waals surface area contributed by atoms with Crippen molar-refractivity contribution in [3.05, 3.63) is 36.2 Å². The van der Waals surface area contributed by atoms with Crippen molar-refractivity contribution >= 4 is 18.3 Å². The molecule has 9 heteroatoms. The highest BCUT2D eigenvalue weighted by Gasteiger charge is 2.34. The predicted molar refractivity (Wildman–Crippen MR) is 120 cm³/mol. The number of nitrogens with zero attached hydrogens (tertiary/aromatic N) is 6. The van der Waals surface area contributed by atoms with Crippen molar-refractivity contribution in [1.82, 2.24) is 30.0 Å². The number of amides is 1. The number of para-hydroxylation sites is 1. The number of methoxy groups -OCH3 is 1. The lowest BCUT2D eigenvalue weighted by Gasteiger charge is -2.40. The molecule has 1 unspecified atom stereocenters. The van der Waals surface area contributed by atoms with Gasteiger partial charge in [-0.1, -0.05) is 31.0 Å². The number of tetrazole rings is 1. The Bertz CT molecular complexity index is 809. The molecule has 0 aliphatic carbocycles. The largest absolute Gasteiger partial charge is 0.375 e. The maximum atomic E-state index is 12.6. The minimum absolute atomic E-state index is 0. The van der Waals surface area contributed by atoms with Gasteiger partial charge in [-0.2, -0.15) is 4.68 Å². The van der Waals surface area contributed by atoms with Crippen molar-refractivity contribution in [2.24, 2.45) is 5.92 Å². The van der Waals surface area contributed by atoms with Crippen molar-refractivity contribution in [2.75, 3.05) is 33.4 Å². The number of likely N-dealkylation sites (tertiary alicyclic amines) is 2. The molecule has 1 amide bonds. The predicted octanol–water partition coefficient (Wildman–Crippen LogP) is 2.71. The molecule has 0 bridgehead atoms. The minimum atomic E-state index is 0. The van der Waals surface area contributed by atoms with Crippen molar-refractivity contribution in [3.63, 3.8) is 0 Å². The van der Waals surface area contributed by atoms with E-state index in [1.807, 2.05) is 35.0 Å². The minimum Gasteiger partial charge on any atom is -0.375 e. The summed E-state index contributed by atoms with van der Waals surface area (Å²) >= 11 is 0. The molecule has 0 radical (unpaired) electrons. The Morgan fingerprint density at radius 2 is 1.84 bits per heavy atom. The third kappa shape index (κ3) is 5.81. The van der Waals surface area contributed by atoms with E-state index in [1.54, 1.807) is 7.11 Å². The van der Waals surface area contributed by atoms with Crippen LogP contribution in [0.5, 0.6) is 0 Å². The number of carbonyl (C=O) groups excluding carboxylic acids is 1. The third-order valence-corrected chi connectivity index (χ3v) is 6.46. The molecular formula is C22H33ClN6O2. The highest BCUT2D eigenvalue weighted by molar-refractivity contribution is 5.85. The van der Waals surface area contributed by atoms with Crippen LogP contribution in [0.2, 0.25) is 0 Å². The number of ether oxygens (including phenoxy) is 1. The molecule has 2 aliphatic heterocycles. The van der Waals surface area contributed by atoms with Gasteiger partial charge in [0.2, 0.25) is 5.91 Å². The number of carbonyl (C=O) groups is 1. The van der Waals surface area contributed by atoms with E-state index < -0.39 is 0 Å². The molecule has 2 aromatic rings. The van der Waals surface area contributed by atoms with Gasteiger partial charge in [0.05, 0.1) is 12.2 Å². The zero-order valence-corrected chi connectivity index (χ0v) is 19.0. The standard InChI is InChI=1S/C22H32N6O2.ClH/c1-30-17-22(29)27-13-7-3-6-10-20(27)18-11-14-26(15-12-18)16-21-23-24-25-28(21)19-8-4-2-5-9-19;/h2,4-5,8-9,18,20H,3,6-7,10-17H2,1H3;1H. The lowest BCUT2D eigenvalue weighted by Crippen LogP contribution is -2.48. The van der Waals surface area contributed by atoms with E-state index in [0.29, 0.717) is 12.0 Å². The fraction of sp³-hybridized carbons (Fsp3) is 0.636. The summed E-state index contributed by atoms with van der Waals surface area (Å²) in [6.45, 7) is 3.83. The van der Waals surface area contributed by atoms with Crippen LogP contribution in [0.1, 0.15) is 44.3 Å². The van der Waals surface area contributed by atoms with E-state index in [2.05, 4.69) is 25.3 Å². The summed E-state index contributed by atoms with van der Waals surface area (Å²) in [5, 5.41) is 12.3. The number of hydrogen-bond donors (Lipinski definition) is 0. The van der Waals surface area contributed by atoms with Gasteiger partial charge in [0.15, 0.2) is 5.82 Å². The smallest absolute Gasteiger partial charge is 0.248 e. The van der Waals surface area contributed by atoms with Crippen LogP contribution in [-0.2, 0) is 16.1 Å². The number of hydrogen-bond acceptors (Lipinski definition) is 6. The van der Waals surface area contributed by atoms with E-state index in [1.165, 1.54) is 12.8 Å². The summed E-state index contributed by atoms with van der Waals surface area (Å²) < 4.78 is 6.96. The molecule has 1 aromatic heterocycles. The lowest BCUT2D eigenvalue weighted by molar-refractivity contribution is -0.139. The van der Waals surface area contributed by atoms with Crippen LogP contribution in [0.4, 0.5) is 0 Å². The van der Waals surface area contributed by atoms with Crippen LogP contribution in [0, 0.1) is 5.92 Å². The second kappa shape index (κ2) is 11.5. The van der Waals surface area contributed by atoms with Gasteiger partial charge in [0.1, 0.15) is 6.61 Å². The molecule has 2 fully saturated rings. The van der Waals surface area contributed by atoms with E-state index >= 15 is 0 Å². The normalized spacial score (nSPS) is 20.8.